The molecule has 1 aliphatic rings. The lowest BCUT2D eigenvalue weighted by Gasteiger charge is -2.33. The lowest BCUT2D eigenvalue weighted by Crippen LogP contribution is -2.49. The number of carbonyl (C=O) groups excluding carboxylic acids is 1. The minimum atomic E-state index is -3.77. The van der Waals surface area contributed by atoms with Crippen LogP contribution < -0.4 is 5.32 Å². The minimum absolute atomic E-state index is 0.143. The smallest absolute Gasteiger partial charge is 0.243 e. The third kappa shape index (κ3) is 4.28. The second-order valence-electron chi connectivity index (χ2n) is 6.08. The van der Waals surface area contributed by atoms with Crippen LogP contribution in [0.2, 0.25) is 5.02 Å². The fraction of sp³-hybridized carbons (Fsp3) is 0.278. The van der Waals surface area contributed by atoms with Gasteiger partial charge in [0.1, 0.15) is 6.04 Å². The summed E-state index contributed by atoms with van der Waals surface area (Å²) in [5.41, 5.74) is 0.624. The van der Waals surface area contributed by atoms with Gasteiger partial charge in [-0.25, -0.2) is 8.42 Å². The van der Waals surface area contributed by atoms with Crippen molar-refractivity contribution >= 4 is 49.1 Å². The van der Waals surface area contributed by atoms with Gasteiger partial charge in [-0.15, -0.1) is 0 Å². The number of nitrogens with zero attached hydrogens (tertiary/aromatic N) is 1. The lowest BCUT2D eigenvalue weighted by molar-refractivity contribution is -0.120. The summed E-state index contributed by atoms with van der Waals surface area (Å²) in [5.74, 6) is -0.319. The van der Waals surface area contributed by atoms with Crippen LogP contribution in [0.1, 0.15) is 19.3 Å². The highest BCUT2D eigenvalue weighted by Crippen LogP contribution is 2.27. The van der Waals surface area contributed by atoms with E-state index >= 15 is 0 Å². The molecule has 0 unspecified atom stereocenters. The predicted octanol–water partition coefficient (Wildman–Crippen LogP) is 4.28. The Hall–Kier alpha value is -1.41. The molecular formula is C18H18BrClN2O3S. The second-order valence-corrected chi connectivity index (χ2v) is 9.32. The van der Waals surface area contributed by atoms with Gasteiger partial charge < -0.3 is 5.32 Å². The van der Waals surface area contributed by atoms with Crippen LogP contribution in [0.5, 0.6) is 0 Å². The van der Waals surface area contributed by atoms with E-state index in [1.54, 1.807) is 12.1 Å². The first-order valence-corrected chi connectivity index (χ1v) is 10.8. The normalized spacial score (nSPS) is 18.5. The second kappa shape index (κ2) is 8.08. The number of hydrogen-bond acceptors (Lipinski definition) is 3. The van der Waals surface area contributed by atoms with E-state index in [-0.39, 0.29) is 10.8 Å². The molecule has 0 spiro atoms. The van der Waals surface area contributed by atoms with Crippen LogP contribution >= 0.6 is 27.5 Å². The number of carbonyl (C=O) groups is 1. The zero-order valence-electron chi connectivity index (χ0n) is 13.9. The Morgan fingerprint density at radius 2 is 1.88 bits per heavy atom. The summed E-state index contributed by atoms with van der Waals surface area (Å²) in [6, 6.07) is 12.5. The molecule has 1 heterocycles. The number of benzene rings is 2. The summed E-state index contributed by atoms with van der Waals surface area (Å²) < 4.78 is 28.2. The SMILES string of the molecule is O=C(Nc1cccc(Br)c1)[C@@H]1CCCCN1S(=O)(=O)c1ccc(Cl)cc1. The first-order chi connectivity index (χ1) is 12.4. The molecule has 3 rings (SSSR count). The van der Waals surface area contributed by atoms with Gasteiger partial charge in [0, 0.05) is 21.7 Å². The Kier molecular flexibility index (Phi) is 6.02. The summed E-state index contributed by atoms with van der Waals surface area (Å²) in [7, 11) is -3.77. The monoisotopic (exact) mass is 456 g/mol. The van der Waals surface area contributed by atoms with E-state index in [1.807, 2.05) is 12.1 Å². The summed E-state index contributed by atoms with van der Waals surface area (Å²) in [6.07, 6.45) is 2.03. The van der Waals surface area contributed by atoms with Crippen molar-refractivity contribution in [2.75, 3.05) is 11.9 Å². The topological polar surface area (TPSA) is 66.5 Å². The average Bonchev–Trinajstić information content (AvgIpc) is 2.62. The molecule has 0 aliphatic carbocycles. The summed E-state index contributed by atoms with van der Waals surface area (Å²) in [5, 5.41) is 3.28. The van der Waals surface area contributed by atoms with Crippen molar-refractivity contribution in [3.8, 4) is 0 Å². The van der Waals surface area contributed by atoms with Crippen LogP contribution in [0.3, 0.4) is 0 Å². The Bertz CT molecular complexity index is 903. The highest BCUT2D eigenvalue weighted by atomic mass is 79.9. The van der Waals surface area contributed by atoms with Crippen molar-refractivity contribution in [1.82, 2.24) is 4.31 Å². The Balaban J connectivity index is 1.85. The van der Waals surface area contributed by atoms with Gasteiger partial charge in [0.15, 0.2) is 0 Å². The van der Waals surface area contributed by atoms with E-state index in [0.717, 1.165) is 17.3 Å². The van der Waals surface area contributed by atoms with Gasteiger partial charge in [-0.2, -0.15) is 4.31 Å². The van der Waals surface area contributed by atoms with Gasteiger partial charge >= 0.3 is 0 Å². The molecule has 0 aromatic heterocycles. The molecule has 26 heavy (non-hydrogen) atoms. The maximum absolute atomic E-state index is 13.0. The van der Waals surface area contributed by atoms with Gasteiger partial charge in [-0.05, 0) is 55.3 Å². The van der Waals surface area contributed by atoms with Gasteiger partial charge in [0.25, 0.3) is 0 Å². The van der Waals surface area contributed by atoms with E-state index in [4.69, 9.17) is 11.6 Å². The zero-order chi connectivity index (χ0) is 18.7. The van der Waals surface area contributed by atoms with Crippen molar-refractivity contribution in [2.45, 2.75) is 30.2 Å². The van der Waals surface area contributed by atoms with Crippen LogP contribution in [-0.4, -0.2) is 31.2 Å². The number of rotatable bonds is 4. The molecule has 0 saturated carbocycles. The van der Waals surface area contributed by atoms with Crippen LogP contribution in [0.4, 0.5) is 5.69 Å². The molecule has 1 atom stereocenters. The minimum Gasteiger partial charge on any atom is -0.325 e. The highest BCUT2D eigenvalue weighted by molar-refractivity contribution is 9.10. The van der Waals surface area contributed by atoms with Crippen LogP contribution in [-0.2, 0) is 14.8 Å². The van der Waals surface area contributed by atoms with Gasteiger partial charge in [0.05, 0.1) is 4.90 Å². The fourth-order valence-corrected chi connectivity index (χ4v) is 5.17. The first-order valence-electron chi connectivity index (χ1n) is 8.22. The first kappa shape index (κ1) is 19.4. The van der Waals surface area contributed by atoms with E-state index < -0.39 is 16.1 Å². The summed E-state index contributed by atoms with van der Waals surface area (Å²) in [4.78, 5) is 12.9. The number of hydrogen-bond donors (Lipinski definition) is 1. The molecule has 138 valence electrons. The van der Waals surface area contributed by atoms with Gasteiger partial charge in [-0.3, -0.25) is 4.79 Å². The maximum atomic E-state index is 13.0. The highest BCUT2D eigenvalue weighted by Gasteiger charge is 2.37. The van der Waals surface area contributed by atoms with Crippen molar-refractivity contribution in [1.29, 1.82) is 0 Å². The van der Waals surface area contributed by atoms with Crippen LogP contribution in [0.25, 0.3) is 0 Å². The molecule has 2 aromatic carbocycles. The molecule has 1 saturated heterocycles. The molecule has 0 radical (unpaired) electrons. The van der Waals surface area contributed by atoms with Crippen molar-refractivity contribution in [3.05, 3.63) is 58.0 Å². The lowest BCUT2D eigenvalue weighted by atomic mass is 10.0. The molecule has 2 aromatic rings. The van der Waals surface area contributed by atoms with Gasteiger partial charge in [-0.1, -0.05) is 40.0 Å². The largest absolute Gasteiger partial charge is 0.325 e. The summed E-state index contributed by atoms with van der Waals surface area (Å²) >= 11 is 9.21. The van der Waals surface area contributed by atoms with E-state index in [1.165, 1.54) is 28.6 Å². The molecule has 1 fully saturated rings. The van der Waals surface area contributed by atoms with Crippen molar-refractivity contribution in [2.24, 2.45) is 0 Å². The summed E-state index contributed by atoms with van der Waals surface area (Å²) in [6.45, 7) is 0.321. The predicted molar refractivity (Wildman–Crippen MR) is 106 cm³/mol. The number of piperidine rings is 1. The number of sulfonamides is 1. The Morgan fingerprint density at radius 1 is 1.15 bits per heavy atom. The molecule has 0 bridgehead atoms. The number of halogens is 2. The molecule has 8 heteroatoms. The number of nitrogens with one attached hydrogen (secondary N) is 1. The fourth-order valence-electron chi connectivity index (χ4n) is 2.99. The van der Waals surface area contributed by atoms with Crippen LogP contribution in [0, 0.1) is 0 Å². The van der Waals surface area contributed by atoms with E-state index in [9.17, 15) is 13.2 Å². The Labute approximate surface area is 166 Å². The molecule has 5 nitrogen and oxygen atoms in total. The molecular weight excluding hydrogens is 440 g/mol. The van der Waals surface area contributed by atoms with Crippen molar-refractivity contribution < 1.29 is 13.2 Å². The maximum Gasteiger partial charge on any atom is 0.243 e. The quantitative estimate of drug-likeness (QED) is 0.745. The Morgan fingerprint density at radius 3 is 2.58 bits per heavy atom. The molecule has 1 aliphatic heterocycles. The standard InChI is InChI=1S/C18H18BrClN2O3S/c19-13-4-3-5-15(12-13)21-18(23)17-6-1-2-11-22(17)26(24,25)16-9-7-14(20)8-10-16/h3-5,7-10,12,17H,1-2,6,11H2,(H,21,23)/t17-/m0/s1. The third-order valence-electron chi connectivity index (χ3n) is 4.27. The number of anilines is 1. The number of amides is 1. The van der Waals surface area contributed by atoms with E-state index in [0.29, 0.717) is 23.7 Å². The van der Waals surface area contributed by atoms with Crippen molar-refractivity contribution in [3.63, 3.8) is 0 Å². The third-order valence-corrected chi connectivity index (χ3v) is 6.94. The molecule has 1 amide bonds. The zero-order valence-corrected chi connectivity index (χ0v) is 17.0. The van der Waals surface area contributed by atoms with Crippen LogP contribution in [0.15, 0.2) is 57.9 Å². The van der Waals surface area contributed by atoms with E-state index in [2.05, 4.69) is 21.2 Å². The average molecular weight is 458 g/mol. The van der Waals surface area contributed by atoms with Gasteiger partial charge in [0.2, 0.25) is 15.9 Å². The molecule has 1 N–H and O–H groups in total.